The van der Waals surface area contributed by atoms with Gasteiger partial charge in [0.25, 0.3) is 0 Å². The van der Waals surface area contributed by atoms with Gasteiger partial charge in [0.2, 0.25) is 5.91 Å². The molecule has 0 unspecified atom stereocenters. The molecular weight excluding hydrogens is 280 g/mol. The maximum atomic E-state index is 12.6. The predicted molar refractivity (Wildman–Crippen MR) is 87.7 cm³/mol. The number of amides is 1. The lowest BCUT2D eigenvalue weighted by molar-refractivity contribution is -0.121. The molecule has 5 heteroatoms. The summed E-state index contributed by atoms with van der Waals surface area (Å²) in [6.07, 6.45) is 1.84. The van der Waals surface area contributed by atoms with Crippen LogP contribution in [0.15, 0.2) is 18.2 Å². The molecule has 0 aliphatic carbocycles. The Balaban J connectivity index is 2.08. The quantitative estimate of drug-likeness (QED) is 0.841. The lowest BCUT2D eigenvalue weighted by Crippen LogP contribution is -2.43. The Labute approximate surface area is 132 Å². The van der Waals surface area contributed by atoms with Crippen molar-refractivity contribution in [2.24, 2.45) is 0 Å². The van der Waals surface area contributed by atoms with Crippen molar-refractivity contribution < 1.29 is 14.3 Å². The van der Waals surface area contributed by atoms with Gasteiger partial charge in [-0.3, -0.25) is 9.69 Å². The molecule has 0 aromatic heterocycles. The van der Waals surface area contributed by atoms with E-state index in [9.17, 15) is 4.79 Å². The summed E-state index contributed by atoms with van der Waals surface area (Å²) in [6, 6.07) is 5.44. The second-order valence-corrected chi connectivity index (χ2v) is 5.37. The summed E-state index contributed by atoms with van der Waals surface area (Å²) >= 11 is 0. The third-order valence-electron chi connectivity index (χ3n) is 3.93. The second kappa shape index (κ2) is 8.03. The van der Waals surface area contributed by atoms with Gasteiger partial charge >= 0.3 is 0 Å². The van der Waals surface area contributed by atoms with Crippen molar-refractivity contribution in [3.8, 4) is 11.5 Å². The Hall–Kier alpha value is -1.75. The average Bonchev–Trinajstić information content (AvgIpc) is 2.55. The van der Waals surface area contributed by atoms with Crippen molar-refractivity contribution in [3.63, 3.8) is 0 Å². The first-order valence-corrected chi connectivity index (χ1v) is 8.14. The van der Waals surface area contributed by atoms with E-state index >= 15 is 0 Å². The maximum Gasteiger partial charge on any atom is 0.241 e. The fraction of sp³-hybridized carbons (Fsp3) is 0.588. The van der Waals surface area contributed by atoms with Crippen LogP contribution in [0.3, 0.4) is 0 Å². The molecule has 1 heterocycles. The zero-order chi connectivity index (χ0) is 15.9. The lowest BCUT2D eigenvalue weighted by atomic mass is 10.1. The highest BCUT2D eigenvalue weighted by atomic mass is 16.6. The van der Waals surface area contributed by atoms with Gasteiger partial charge in [0.15, 0.2) is 11.5 Å². The number of ether oxygens (including phenoxy) is 2. The molecule has 0 fully saturated rings. The minimum Gasteiger partial charge on any atom is -0.486 e. The van der Waals surface area contributed by atoms with E-state index in [1.54, 1.807) is 0 Å². The van der Waals surface area contributed by atoms with Crippen LogP contribution in [0.25, 0.3) is 0 Å². The molecule has 0 bridgehead atoms. The van der Waals surface area contributed by atoms with Gasteiger partial charge in [-0.05, 0) is 31.6 Å². The number of nitrogens with one attached hydrogen (secondary N) is 1. The number of nitrogens with zero attached hydrogens (tertiary/aromatic N) is 1. The van der Waals surface area contributed by atoms with E-state index in [4.69, 9.17) is 9.47 Å². The van der Waals surface area contributed by atoms with Crippen LogP contribution in [-0.4, -0.2) is 43.2 Å². The van der Waals surface area contributed by atoms with Gasteiger partial charge in [-0.1, -0.05) is 27.2 Å². The summed E-state index contributed by atoms with van der Waals surface area (Å²) in [5.74, 6) is 1.47. The molecule has 0 spiro atoms. The highest BCUT2D eigenvalue weighted by Gasteiger charge is 2.23. The maximum absolute atomic E-state index is 12.6. The third-order valence-corrected chi connectivity index (χ3v) is 3.93. The van der Waals surface area contributed by atoms with E-state index in [-0.39, 0.29) is 11.9 Å². The lowest BCUT2D eigenvalue weighted by Gasteiger charge is -2.28. The van der Waals surface area contributed by atoms with Gasteiger partial charge < -0.3 is 14.8 Å². The summed E-state index contributed by atoms with van der Waals surface area (Å²) in [7, 11) is 0. The third kappa shape index (κ3) is 3.91. The number of rotatable bonds is 7. The molecule has 1 amide bonds. The van der Waals surface area contributed by atoms with Crippen LogP contribution in [0.2, 0.25) is 0 Å². The van der Waals surface area contributed by atoms with Crippen molar-refractivity contribution in [1.82, 2.24) is 4.90 Å². The number of hydrogen-bond donors (Lipinski definition) is 1. The van der Waals surface area contributed by atoms with Crippen molar-refractivity contribution in [2.75, 3.05) is 31.6 Å². The number of carbonyl (C=O) groups excluding carboxylic acids is 1. The van der Waals surface area contributed by atoms with E-state index in [0.717, 1.165) is 37.4 Å². The van der Waals surface area contributed by atoms with Crippen LogP contribution < -0.4 is 14.8 Å². The van der Waals surface area contributed by atoms with Crippen LogP contribution in [0, 0.1) is 0 Å². The Morgan fingerprint density at radius 3 is 2.50 bits per heavy atom. The zero-order valence-corrected chi connectivity index (χ0v) is 13.7. The molecule has 122 valence electrons. The zero-order valence-electron chi connectivity index (χ0n) is 13.7. The van der Waals surface area contributed by atoms with Crippen molar-refractivity contribution in [2.45, 2.75) is 39.7 Å². The number of fused-ring (bicyclic) bond motifs is 1. The molecular formula is C17H26N2O3. The van der Waals surface area contributed by atoms with E-state index in [0.29, 0.717) is 19.0 Å². The molecule has 0 radical (unpaired) electrons. The highest BCUT2D eigenvalue weighted by Crippen LogP contribution is 2.32. The molecule has 2 rings (SSSR count). The summed E-state index contributed by atoms with van der Waals surface area (Å²) in [6.45, 7) is 9.13. The van der Waals surface area contributed by atoms with Crippen molar-refractivity contribution >= 4 is 11.6 Å². The van der Waals surface area contributed by atoms with E-state index in [1.807, 2.05) is 18.2 Å². The minimum absolute atomic E-state index is 0.0437. The smallest absolute Gasteiger partial charge is 0.241 e. The molecule has 1 aromatic rings. The van der Waals surface area contributed by atoms with E-state index < -0.39 is 0 Å². The Morgan fingerprint density at radius 2 is 1.86 bits per heavy atom. The summed E-state index contributed by atoms with van der Waals surface area (Å²) in [5.41, 5.74) is 0.752. The standard InChI is InChI=1S/C17H26N2O3/c1-4-7-14(19(5-2)6-3)17(20)18-13-8-9-15-16(12-13)22-11-10-21-15/h8-9,12,14H,4-7,10-11H2,1-3H3,(H,18,20)/t14-/m0/s1. The number of carbonyl (C=O) groups is 1. The predicted octanol–water partition coefficient (Wildman–Crippen LogP) is 2.91. The van der Waals surface area contributed by atoms with Gasteiger partial charge in [0, 0.05) is 11.8 Å². The second-order valence-electron chi connectivity index (χ2n) is 5.37. The monoisotopic (exact) mass is 306 g/mol. The van der Waals surface area contributed by atoms with Crippen LogP contribution in [-0.2, 0) is 4.79 Å². The molecule has 1 aliphatic rings. The van der Waals surface area contributed by atoms with Gasteiger partial charge in [0.1, 0.15) is 13.2 Å². The first kappa shape index (κ1) is 16.6. The Kier molecular flexibility index (Phi) is 6.07. The first-order chi connectivity index (χ1) is 10.7. The molecule has 1 atom stereocenters. The number of anilines is 1. The van der Waals surface area contributed by atoms with E-state index in [1.165, 1.54) is 0 Å². The Morgan fingerprint density at radius 1 is 1.18 bits per heavy atom. The molecule has 22 heavy (non-hydrogen) atoms. The molecule has 1 aromatic carbocycles. The minimum atomic E-state index is -0.0896. The SMILES string of the molecule is CCC[C@@H](C(=O)Nc1ccc2c(c1)OCCO2)N(CC)CC. The average molecular weight is 306 g/mol. The van der Waals surface area contributed by atoms with E-state index in [2.05, 4.69) is 31.0 Å². The van der Waals surface area contributed by atoms with Crippen molar-refractivity contribution in [1.29, 1.82) is 0 Å². The molecule has 0 saturated carbocycles. The fourth-order valence-corrected chi connectivity index (χ4v) is 2.76. The Bertz CT molecular complexity index is 501. The van der Waals surface area contributed by atoms with Gasteiger partial charge in [-0.15, -0.1) is 0 Å². The van der Waals surface area contributed by atoms with Gasteiger partial charge in [-0.25, -0.2) is 0 Å². The number of hydrogen-bond acceptors (Lipinski definition) is 4. The van der Waals surface area contributed by atoms with Crippen LogP contribution in [0.1, 0.15) is 33.6 Å². The molecule has 5 nitrogen and oxygen atoms in total. The summed E-state index contributed by atoms with van der Waals surface area (Å²) in [5, 5.41) is 3.01. The summed E-state index contributed by atoms with van der Waals surface area (Å²) in [4.78, 5) is 14.8. The topological polar surface area (TPSA) is 50.8 Å². The molecule has 1 aliphatic heterocycles. The van der Waals surface area contributed by atoms with Crippen LogP contribution >= 0.6 is 0 Å². The van der Waals surface area contributed by atoms with Crippen LogP contribution in [0.5, 0.6) is 11.5 Å². The summed E-state index contributed by atoms with van der Waals surface area (Å²) < 4.78 is 11.1. The molecule has 0 saturated heterocycles. The van der Waals surface area contributed by atoms with Crippen LogP contribution in [0.4, 0.5) is 5.69 Å². The van der Waals surface area contributed by atoms with Crippen molar-refractivity contribution in [3.05, 3.63) is 18.2 Å². The first-order valence-electron chi connectivity index (χ1n) is 8.14. The number of benzene rings is 1. The number of likely N-dealkylation sites (N-methyl/N-ethyl adjacent to an activating group) is 1. The normalized spacial score (nSPS) is 14.7. The highest BCUT2D eigenvalue weighted by molar-refractivity contribution is 5.95. The van der Waals surface area contributed by atoms with Gasteiger partial charge in [-0.2, -0.15) is 0 Å². The largest absolute Gasteiger partial charge is 0.486 e. The fourth-order valence-electron chi connectivity index (χ4n) is 2.76. The molecule has 1 N–H and O–H groups in total. The van der Waals surface area contributed by atoms with Gasteiger partial charge in [0.05, 0.1) is 6.04 Å².